The first-order chi connectivity index (χ1) is 13.9. The van der Waals surface area contributed by atoms with Gasteiger partial charge in [-0.1, -0.05) is 24.3 Å². The number of nitrogens with one attached hydrogen (secondary N) is 3. The fourth-order valence-corrected chi connectivity index (χ4v) is 2.48. The SMILES string of the molecule is CNC(=O)c1cccc(NC(=O)COC(=O)CC(C)NC(=O)c2ccccc2)c1. The summed E-state index contributed by atoms with van der Waals surface area (Å²) in [5.74, 6) is -1.72. The molecular formula is C21H23N3O5. The minimum absolute atomic E-state index is 0.0714. The second-order valence-corrected chi connectivity index (χ2v) is 6.31. The molecule has 2 aromatic rings. The van der Waals surface area contributed by atoms with Gasteiger partial charge in [-0.2, -0.15) is 0 Å². The molecule has 0 aliphatic carbocycles. The molecule has 8 nitrogen and oxygen atoms in total. The molecule has 0 aromatic heterocycles. The lowest BCUT2D eigenvalue weighted by atomic mass is 10.2. The number of carbonyl (C=O) groups excluding carboxylic acids is 4. The number of benzene rings is 2. The van der Waals surface area contributed by atoms with Gasteiger partial charge >= 0.3 is 5.97 Å². The van der Waals surface area contributed by atoms with E-state index in [0.29, 0.717) is 16.8 Å². The monoisotopic (exact) mass is 397 g/mol. The number of anilines is 1. The van der Waals surface area contributed by atoms with E-state index in [1.165, 1.54) is 13.1 Å². The van der Waals surface area contributed by atoms with Crippen LogP contribution >= 0.6 is 0 Å². The molecule has 1 unspecified atom stereocenters. The van der Waals surface area contributed by atoms with Gasteiger partial charge in [0.2, 0.25) is 0 Å². The first kappa shape index (κ1) is 21.6. The van der Waals surface area contributed by atoms with Crippen molar-refractivity contribution >= 4 is 29.4 Å². The molecule has 0 radical (unpaired) electrons. The van der Waals surface area contributed by atoms with Crippen molar-refractivity contribution in [2.45, 2.75) is 19.4 Å². The van der Waals surface area contributed by atoms with Crippen LogP contribution in [0.2, 0.25) is 0 Å². The molecule has 0 saturated heterocycles. The van der Waals surface area contributed by atoms with Crippen molar-refractivity contribution in [2.75, 3.05) is 19.0 Å². The number of carbonyl (C=O) groups is 4. The lowest BCUT2D eigenvalue weighted by molar-refractivity contribution is -0.147. The van der Waals surface area contributed by atoms with Crippen molar-refractivity contribution in [3.63, 3.8) is 0 Å². The van der Waals surface area contributed by atoms with E-state index >= 15 is 0 Å². The molecule has 8 heteroatoms. The number of amides is 3. The van der Waals surface area contributed by atoms with Crippen molar-refractivity contribution in [3.8, 4) is 0 Å². The van der Waals surface area contributed by atoms with Crippen molar-refractivity contribution in [3.05, 3.63) is 65.7 Å². The molecule has 0 bridgehead atoms. The third-order valence-electron chi connectivity index (χ3n) is 3.89. The molecular weight excluding hydrogens is 374 g/mol. The highest BCUT2D eigenvalue weighted by Crippen LogP contribution is 2.10. The van der Waals surface area contributed by atoms with E-state index in [-0.39, 0.29) is 18.2 Å². The summed E-state index contributed by atoms with van der Waals surface area (Å²) >= 11 is 0. The lowest BCUT2D eigenvalue weighted by Crippen LogP contribution is -2.35. The predicted molar refractivity (Wildman–Crippen MR) is 107 cm³/mol. The van der Waals surface area contributed by atoms with Crippen LogP contribution in [0.4, 0.5) is 5.69 Å². The molecule has 0 aliphatic heterocycles. The average molecular weight is 397 g/mol. The summed E-state index contributed by atoms with van der Waals surface area (Å²) in [4.78, 5) is 47.5. The standard InChI is InChI=1S/C21H23N3O5/c1-14(23-21(28)15-7-4-3-5-8-15)11-19(26)29-13-18(25)24-17-10-6-9-16(12-17)20(27)22-2/h3-10,12,14H,11,13H2,1-2H3,(H,22,27)(H,23,28)(H,24,25). The Kier molecular flexibility index (Phi) is 7.90. The molecule has 0 saturated carbocycles. The van der Waals surface area contributed by atoms with Crippen LogP contribution in [0.3, 0.4) is 0 Å². The fourth-order valence-electron chi connectivity index (χ4n) is 2.48. The zero-order valence-corrected chi connectivity index (χ0v) is 16.2. The van der Waals surface area contributed by atoms with Gasteiger partial charge in [-0.05, 0) is 37.3 Å². The zero-order chi connectivity index (χ0) is 21.2. The van der Waals surface area contributed by atoms with Crippen molar-refractivity contribution in [1.82, 2.24) is 10.6 Å². The molecule has 3 N–H and O–H groups in total. The Bertz CT molecular complexity index is 883. The Labute approximate surface area is 168 Å². The Hall–Kier alpha value is -3.68. The summed E-state index contributed by atoms with van der Waals surface area (Å²) in [5, 5.41) is 7.75. The second kappa shape index (κ2) is 10.6. The average Bonchev–Trinajstić information content (AvgIpc) is 2.72. The Morgan fingerprint density at radius 1 is 0.931 bits per heavy atom. The highest BCUT2D eigenvalue weighted by molar-refractivity contribution is 5.97. The van der Waals surface area contributed by atoms with Crippen molar-refractivity contribution < 1.29 is 23.9 Å². The zero-order valence-electron chi connectivity index (χ0n) is 16.2. The minimum Gasteiger partial charge on any atom is -0.455 e. The van der Waals surface area contributed by atoms with Crippen LogP contribution in [-0.2, 0) is 14.3 Å². The molecule has 0 heterocycles. The topological polar surface area (TPSA) is 114 Å². The van der Waals surface area contributed by atoms with Crippen LogP contribution in [0.25, 0.3) is 0 Å². The van der Waals surface area contributed by atoms with E-state index in [1.54, 1.807) is 55.5 Å². The van der Waals surface area contributed by atoms with E-state index in [2.05, 4.69) is 16.0 Å². The number of ether oxygens (including phenoxy) is 1. The van der Waals surface area contributed by atoms with Gasteiger partial charge in [0, 0.05) is 29.9 Å². The van der Waals surface area contributed by atoms with Crippen molar-refractivity contribution in [2.24, 2.45) is 0 Å². The summed E-state index contributed by atoms with van der Waals surface area (Å²) in [5.41, 5.74) is 1.30. The van der Waals surface area contributed by atoms with Gasteiger partial charge in [0.1, 0.15) is 0 Å². The molecule has 3 amide bonds. The smallest absolute Gasteiger partial charge is 0.308 e. The second-order valence-electron chi connectivity index (χ2n) is 6.31. The summed E-state index contributed by atoms with van der Waals surface area (Å²) in [6.07, 6.45) is -0.0714. The maximum Gasteiger partial charge on any atom is 0.308 e. The molecule has 0 aliphatic rings. The largest absolute Gasteiger partial charge is 0.455 e. The number of hydrogen-bond acceptors (Lipinski definition) is 5. The van der Waals surface area contributed by atoms with Crippen LogP contribution in [0.15, 0.2) is 54.6 Å². The van der Waals surface area contributed by atoms with Gasteiger partial charge in [-0.3, -0.25) is 19.2 Å². The first-order valence-electron chi connectivity index (χ1n) is 9.02. The maximum atomic E-state index is 12.0. The van der Waals surface area contributed by atoms with E-state index < -0.39 is 24.5 Å². The molecule has 2 rings (SSSR count). The quantitative estimate of drug-likeness (QED) is 0.587. The van der Waals surface area contributed by atoms with Gasteiger partial charge in [0.25, 0.3) is 17.7 Å². The van der Waals surface area contributed by atoms with Crippen LogP contribution in [0, 0.1) is 0 Å². The number of rotatable bonds is 8. The van der Waals surface area contributed by atoms with Crippen LogP contribution < -0.4 is 16.0 Å². The van der Waals surface area contributed by atoms with Crippen LogP contribution in [0.1, 0.15) is 34.1 Å². The highest BCUT2D eigenvalue weighted by Gasteiger charge is 2.15. The molecule has 152 valence electrons. The van der Waals surface area contributed by atoms with E-state index in [4.69, 9.17) is 4.74 Å². The lowest BCUT2D eigenvalue weighted by Gasteiger charge is -2.13. The minimum atomic E-state index is -0.611. The van der Waals surface area contributed by atoms with Gasteiger partial charge in [-0.15, -0.1) is 0 Å². The number of esters is 1. The molecule has 0 spiro atoms. The van der Waals surface area contributed by atoms with Gasteiger partial charge < -0.3 is 20.7 Å². The van der Waals surface area contributed by atoms with Gasteiger partial charge in [-0.25, -0.2) is 0 Å². The van der Waals surface area contributed by atoms with Crippen LogP contribution in [0.5, 0.6) is 0 Å². The van der Waals surface area contributed by atoms with E-state index in [0.717, 1.165) is 0 Å². The normalized spacial score (nSPS) is 11.1. The van der Waals surface area contributed by atoms with Crippen LogP contribution in [-0.4, -0.2) is 43.4 Å². The summed E-state index contributed by atoms with van der Waals surface area (Å²) in [7, 11) is 1.51. The third-order valence-corrected chi connectivity index (χ3v) is 3.89. The summed E-state index contributed by atoms with van der Waals surface area (Å²) in [6.45, 7) is 1.20. The molecule has 2 aromatic carbocycles. The van der Waals surface area contributed by atoms with Gasteiger partial charge in [0.05, 0.1) is 6.42 Å². The third kappa shape index (κ3) is 7.10. The fraction of sp³-hybridized carbons (Fsp3) is 0.238. The Morgan fingerprint density at radius 3 is 2.31 bits per heavy atom. The van der Waals surface area contributed by atoms with E-state index in [1.807, 2.05) is 0 Å². The molecule has 29 heavy (non-hydrogen) atoms. The Morgan fingerprint density at radius 2 is 1.62 bits per heavy atom. The number of hydrogen-bond donors (Lipinski definition) is 3. The van der Waals surface area contributed by atoms with Crippen molar-refractivity contribution in [1.29, 1.82) is 0 Å². The summed E-state index contributed by atoms with van der Waals surface area (Å²) < 4.78 is 4.95. The predicted octanol–water partition coefficient (Wildman–Crippen LogP) is 1.74. The molecule has 1 atom stereocenters. The van der Waals surface area contributed by atoms with Gasteiger partial charge in [0.15, 0.2) is 6.61 Å². The first-order valence-corrected chi connectivity index (χ1v) is 9.02. The summed E-state index contributed by atoms with van der Waals surface area (Å²) in [6, 6.07) is 14.6. The highest BCUT2D eigenvalue weighted by atomic mass is 16.5. The Balaban J connectivity index is 1.76. The van der Waals surface area contributed by atoms with E-state index in [9.17, 15) is 19.2 Å². The molecule has 0 fully saturated rings. The maximum absolute atomic E-state index is 12.0.